The van der Waals surface area contributed by atoms with Gasteiger partial charge in [0, 0.05) is 33.7 Å². The average Bonchev–Trinajstić information content (AvgIpc) is 3.64. The van der Waals surface area contributed by atoms with Crippen molar-refractivity contribution in [1.82, 2.24) is 0 Å². The Morgan fingerprint density at radius 3 is 1.71 bits per heavy atom. The molecule has 2 aliphatic heterocycles. The number of rotatable bonds is 2. The molecule has 0 unspecified atom stereocenters. The van der Waals surface area contributed by atoms with Crippen LogP contribution in [0.15, 0.2) is 120 Å². The van der Waals surface area contributed by atoms with E-state index in [-0.39, 0.29) is 33.9 Å². The molecule has 12 rings (SSSR count). The molecule has 4 heteroatoms. The molecular weight excluding hydrogens is 787 g/mol. The highest BCUT2D eigenvalue weighted by atomic mass is 16.3. The van der Waals surface area contributed by atoms with Gasteiger partial charge >= 0.3 is 6.85 Å². The van der Waals surface area contributed by atoms with Crippen LogP contribution in [0.4, 0.5) is 28.4 Å². The number of nitrogens with zero attached hydrogens (tertiary/aromatic N) is 2. The maximum absolute atomic E-state index is 7.71. The van der Waals surface area contributed by atoms with E-state index in [0.29, 0.717) is 0 Å². The van der Waals surface area contributed by atoms with Crippen molar-refractivity contribution in [2.24, 2.45) is 0 Å². The Kier molecular flexibility index (Phi) is 8.28. The normalized spacial score (nSPS) is 18.6. The number of furan rings is 1. The van der Waals surface area contributed by atoms with Gasteiger partial charge in [-0.1, -0.05) is 143 Å². The van der Waals surface area contributed by atoms with E-state index in [1.807, 2.05) is 0 Å². The van der Waals surface area contributed by atoms with Gasteiger partial charge in [0.15, 0.2) is 0 Å². The zero-order valence-electron chi connectivity index (χ0n) is 40.7. The molecule has 0 N–H and O–H groups in total. The van der Waals surface area contributed by atoms with Gasteiger partial charge in [-0.3, -0.25) is 0 Å². The first-order valence-electron chi connectivity index (χ1n) is 24.3. The maximum atomic E-state index is 7.71. The summed E-state index contributed by atoms with van der Waals surface area (Å²) in [5, 5.41) is 6.22. The van der Waals surface area contributed by atoms with E-state index in [9.17, 15) is 0 Å². The third-order valence-electron chi connectivity index (χ3n) is 16.8. The van der Waals surface area contributed by atoms with E-state index in [2.05, 4.69) is 208 Å². The summed E-state index contributed by atoms with van der Waals surface area (Å²) in [6.45, 7) is 28.6. The lowest BCUT2D eigenvalue weighted by Gasteiger charge is -2.46. The van der Waals surface area contributed by atoms with Crippen molar-refractivity contribution in [3.8, 4) is 11.1 Å². The van der Waals surface area contributed by atoms with Crippen LogP contribution in [-0.4, -0.2) is 6.85 Å². The summed E-state index contributed by atoms with van der Waals surface area (Å²) in [5.74, 6) is 0. The number of fused-ring (bicyclic) bond motifs is 11. The highest BCUT2D eigenvalue weighted by molar-refractivity contribution is 6.93. The molecule has 0 fully saturated rings. The van der Waals surface area contributed by atoms with Crippen molar-refractivity contribution in [1.29, 1.82) is 0 Å². The van der Waals surface area contributed by atoms with E-state index in [0.717, 1.165) is 30.5 Å². The molecule has 3 heterocycles. The Morgan fingerprint density at radius 2 is 1.08 bits per heavy atom. The second kappa shape index (κ2) is 13.2. The second-order valence-electron chi connectivity index (χ2n) is 24.0. The summed E-state index contributed by atoms with van der Waals surface area (Å²) >= 11 is 0. The minimum Gasteiger partial charge on any atom is -0.466 e. The zero-order valence-corrected chi connectivity index (χ0v) is 40.7. The van der Waals surface area contributed by atoms with Crippen molar-refractivity contribution >= 4 is 78.9 Å². The number of aryl methyl sites for hydroxylation is 1. The lowest BCUT2D eigenvalue weighted by atomic mass is 9.45. The fraction of sp³-hybridized carbons (Fsp3) is 0.344. The molecule has 0 radical (unpaired) electrons. The first-order valence-corrected chi connectivity index (χ1v) is 24.3. The topological polar surface area (TPSA) is 19.6 Å². The van der Waals surface area contributed by atoms with Gasteiger partial charge in [-0.05, 0) is 174 Å². The third-order valence-corrected chi connectivity index (χ3v) is 16.8. The predicted octanol–water partition coefficient (Wildman–Crippen LogP) is 15.8. The average molecular weight is 851 g/mol. The van der Waals surface area contributed by atoms with Gasteiger partial charge < -0.3 is 14.1 Å². The fourth-order valence-electron chi connectivity index (χ4n) is 12.6. The second-order valence-corrected chi connectivity index (χ2v) is 24.0. The molecule has 65 heavy (non-hydrogen) atoms. The Bertz CT molecular complexity index is 3340. The van der Waals surface area contributed by atoms with E-state index >= 15 is 0 Å². The van der Waals surface area contributed by atoms with Crippen molar-refractivity contribution < 1.29 is 4.42 Å². The molecule has 326 valence electrons. The summed E-state index contributed by atoms with van der Waals surface area (Å²) in [4.78, 5) is 5.29. The lowest BCUT2D eigenvalue weighted by molar-refractivity contribution is 0.332. The van der Waals surface area contributed by atoms with Crippen LogP contribution in [-0.2, 0) is 27.1 Å². The van der Waals surface area contributed by atoms with Crippen molar-refractivity contribution in [3.05, 3.63) is 149 Å². The maximum Gasteiger partial charge on any atom is 0.375 e. The summed E-state index contributed by atoms with van der Waals surface area (Å²) < 4.78 is 7.71. The van der Waals surface area contributed by atoms with Crippen LogP contribution in [0.25, 0.3) is 43.6 Å². The van der Waals surface area contributed by atoms with E-state index < -0.39 is 0 Å². The van der Waals surface area contributed by atoms with Gasteiger partial charge in [-0.15, -0.1) is 0 Å². The summed E-state index contributed by atoms with van der Waals surface area (Å²) in [5.41, 5.74) is 20.6. The van der Waals surface area contributed by atoms with Crippen molar-refractivity contribution in [2.75, 3.05) is 9.71 Å². The van der Waals surface area contributed by atoms with Gasteiger partial charge in [-0.25, -0.2) is 0 Å². The minimum absolute atomic E-state index is 0.0294. The van der Waals surface area contributed by atoms with Crippen molar-refractivity contribution in [2.45, 2.75) is 136 Å². The van der Waals surface area contributed by atoms with Crippen molar-refractivity contribution in [3.63, 3.8) is 0 Å². The Morgan fingerprint density at radius 1 is 0.538 bits per heavy atom. The molecule has 2 aliphatic carbocycles. The first kappa shape index (κ1) is 40.8. The third kappa shape index (κ3) is 5.80. The molecule has 0 atom stereocenters. The smallest absolute Gasteiger partial charge is 0.375 e. The summed E-state index contributed by atoms with van der Waals surface area (Å²) in [6, 6.07) is 45.0. The molecule has 0 saturated heterocycles. The molecule has 7 aromatic carbocycles. The van der Waals surface area contributed by atoms with Crippen LogP contribution in [0.1, 0.15) is 135 Å². The van der Waals surface area contributed by atoms with Gasteiger partial charge in [0.2, 0.25) is 0 Å². The largest absolute Gasteiger partial charge is 0.466 e. The highest BCUT2D eigenvalue weighted by Crippen LogP contribution is 2.56. The van der Waals surface area contributed by atoms with Crippen LogP contribution >= 0.6 is 0 Å². The van der Waals surface area contributed by atoms with Crippen LogP contribution < -0.4 is 20.8 Å². The zero-order chi connectivity index (χ0) is 45.3. The first-order chi connectivity index (χ1) is 30.7. The van der Waals surface area contributed by atoms with Crippen LogP contribution in [0, 0.1) is 6.92 Å². The minimum atomic E-state index is -0.233. The predicted molar refractivity (Wildman–Crippen MR) is 279 cm³/mol. The Hall–Kier alpha value is -5.74. The molecule has 0 amide bonds. The molecule has 3 nitrogen and oxygen atoms in total. The fourth-order valence-corrected chi connectivity index (χ4v) is 12.6. The van der Waals surface area contributed by atoms with Crippen LogP contribution in [0.2, 0.25) is 0 Å². The summed E-state index contributed by atoms with van der Waals surface area (Å²) in [6.07, 6.45) is 4.65. The molecule has 0 bridgehead atoms. The quantitative estimate of drug-likeness (QED) is 0.162. The molecule has 8 aromatic rings. The highest BCUT2D eigenvalue weighted by Gasteiger charge is 2.50. The number of hydrogen-bond donors (Lipinski definition) is 0. The Balaban J connectivity index is 1.26. The molecule has 1 aromatic heterocycles. The molecule has 0 spiro atoms. The van der Waals surface area contributed by atoms with E-state index in [1.54, 1.807) is 0 Å². The monoisotopic (exact) mass is 851 g/mol. The van der Waals surface area contributed by atoms with E-state index in [1.165, 1.54) is 112 Å². The SMILES string of the molecule is Cc1cc2c(cc1N1c3cc4ccccc4c4c3B(c3oc5cc6c(cc5c31)C(C)(C)CCC6(C)C)N(c1ccc(C(C)(C)C)cc1)c1cc3ccccc3cc1-4)C(C)(C)CCC2(C)C. The van der Waals surface area contributed by atoms with Gasteiger partial charge in [0.05, 0.1) is 5.69 Å². The Labute approximate surface area is 387 Å². The molecular formula is C61H63BN2O. The summed E-state index contributed by atoms with van der Waals surface area (Å²) in [7, 11) is 0. The van der Waals surface area contributed by atoms with Gasteiger partial charge in [-0.2, -0.15) is 0 Å². The standard InChI is InChI=1S/C61H63BN2O/c1-36-29-45-47(60(9,10)27-25-58(45,5)6)34-49(36)63-51-32-39-19-15-16-20-42(39)53-43-30-37-17-13-14-18-38(37)31-50(43)64(41-23-21-40(22-24-41)57(2,3)4)62(54(51)53)56-55(63)44-33-46-48(35-52(44)65-56)61(11,12)28-26-59(46,7)8/h13-24,29-35H,25-28H2,1-12H3. The molecule has 0 saturated carbocycles. The molecule has 4 aliphatic rings. The van der Waals surface area contributed by atoms with Crippen LogP contribution in [0.3, 0.4) is 0 Å². The number of hydrogen-bond acceptors (Lipinski definition) is 3. The van der Waals surface area contributed by atoms with Gasteiger partial charge in [0.25, 0.3) is 0 Å². The van der Waals surface area contributed by atoms with Gasteiger partial charge in [0.1, 0.15) is 11.2 Å². The number of anilines is 5. The van der Waals surface area contributed by atoms with Crippen LogP contribution in [0.5, 0.6) is 0 Å². The van der Waals surface area contributed by atoms with E-state index in [4.69, 9.17) is 4.42 Å². The lowest BCUT2D eigenvalue weighted by Crippen LogP contribution is -2.61. The number of benzene rings is 7.